The lowest BCUT2D eigenvalue weighted by Gasteiger charge is -2.07. The van der Waals surface area contributed by atoms with Gasteiger partial charge in [-0.1, -0.05) is 52.9 Å². The van der Waals surface area contributed by atoms with Gasteiger partial charge in [-0.15, -0.1) is 5.10 Å². The van der Waals surface area contributed by atoms with Gasteiger partial charge in [-0.2, -0.15) is 0 Å². The minimum atomic E-state index is -0.335. The van der Waals surface area contributed by atoms with Gasteiger partial charge in [0.05, 0.1) is 6.61 Å². The highest BCUT2D eigenvalue weighted by Gasteiger charge is 2.13. The molecule has 3 aromatic rings. The molecule has 0 aliphatic heterocycles. The highest BCUT2D eigenvalue weighted by molar-refractivity contribution is 9.10. The van der Waals surface area contributed by atoms with Crippen molar-refractivity contribution in [2.75, 3.05) is 11.9 Å². The van der Waals surface area contributed by atoms with Crippen LogP contribution >= 0.6 is 15.9 Å². The van der Waals surface area contributed by atoms with Gasteiger partial charge in [0.1, 0.15) is 5.75 Å². The topological polar surface area (TPSA) is 77.2 Å². The summed E-state index contributed by atoms with van der Waals surface area (Å²) in [5.74, 6) is 0.664. The van der Waals surface area contributed by atoms with Crippen LogP contribution in [0.5, 0.6) is 5.75 Å². The van der Waals surface area contributed by atoms with E-state index in [1.807, 2.05) is 30.3 Å². The Morgan fingerprint density at radius 2 is 2.00 bits per heavy atom. The number of amides is 1. The predicted octanol–water partition coefficient (Wildman–Crippen LogP) is 5.32. The van der Waals surface area contributed by atoms with Crippen LogP contribution in [0.15, 0.2) is 57.4 Å². The molecule has 0 radical (unpaired) electrons. The minimum absolute atomic E-state index is 0.0456. The molecule has 6 nitrogen and oxygen atoms in total. The molecule has 0 spiro atoms. The van der Waals surface area contributed by atoms with Crippen LogP contribution < -0.4 is 10.1 Å². The van der Waals surface area contributed by atoms with Crippen LogP contribution in [0.2, 0.25) is 0 Å². The molecular weight excluding hydrogens is 410 g/mol. The fourth-order valence-electron chi connectivity index (χ4n) is 2.45. The molecule has 3 rings (SSSR count). The van der Waals surface area contributed by atoms with Crippen molar-refractivity contribution in [2.24, 2.45) is 0 Å². The maximum atomic E-state index is 12.4. The summed E-state index contributed by atoms with van der Waals surface area (Å²) in [5.41, 5.74) is 1.23. The molecule has 140 valence electrons. The molecule has 0 saturated carbocycles. The summed E-state index contributed by atoms with van der Waals surface area (Å²) in [4.78, 5) is 12.4. The zero-order valence-electron chi connectivity index (χ0n) is 14.9. The number of nitrogens with zero attached hydrogens (tertiary/aromatic N) is 2. The van der Waals surface area contributed by atoms with Crippen LogP contribution in [0.25, 0.3) is 11.5 Å². The van der Waals surface area contributed by atoms with E-state index in [-0.39, 0.29) is 11.9 Å². The fourth-order valence-corrected chi connectivity index (χ4v) is 2.85. The Balaban J connectivity index is 1.64. The van der Waals surface area contributed by atoms with Gasteiger partial charge in [0.25, 0.3) is 5.91 Å². The van der Waals surface area contributed by atoms with Crippen molar-refractivity contribution in [2.45, 2.75) is 26.2 Å². The number of ether oxygens (including phenoxy) is 1. The molecule has 0 aliphatic carbocycles. The van der Waals surface area contributed by atoms with Crippen molar-refractivity contribution in [1.29, 1.82) is 0 Å². The number of carbonyl (C=O) groups excluding carboxylic acids is 1. The average Bonchev–Trinajstić information content (AvgIpc) is 3.14. The number of unbranched alkanes of at least 4 members (excludes halogenated alkanes) is 2. The van der Waals surface area contributed by atoms with E-state index in [4.69, 9.17) is 9.15 Å². The van der Waals surface area contributed by atoms with Gasteiger partial charge in [0.15, 0.2) is 0 Å². The van der Waals surface area contributed by atoms with E-state index in [0.29, 0.717) is 23.8 Å². The SMILES string of the molecule is CCCCCOc1cccc(C(=O)Nc2nnc(-c3cccc(Br)c3)o2)c1. The molecule has 27 heavy (non-hydrogen) atoms. The monoisotopic (exact) mass is 429 g/mol. The summed E-state index contributed by atoms with van der Waals surface area (Å²) in [6.45, 7) is 2.78. The van der Waals surface area contributed by atoms with E-state index >= 15 is 0 Å². The highest BCUT2D eigenvalue weighted by Crippen LogP contribution is 2.23. The summed E-state index contributed by atoms with van der Waals surface area (Å²) < 4.78 is 12.1. The first-order valence-electron chi connectivity index (χ1n) is 8.79. The van der Waals surface area contributed by atoms with Crippen molar-refractivity contribution < 1.29 is 13.9 Å². The number of benzene rings is 2. The van der Waals surface area contributed by atoms with Gasteiger partial charge >= 0.3 is 6.01 Å². The molecule has 0 atom stereocenters. The van der Waals surface area contributed by atoms with E-state index < -0.39 is 0 Å². The Labute approximate surface area is 166 Å². The van der Waals surface area contributed by atoms with E-state index in [2.05, 4.69) is 38.4 Å². The molecule has 1 aromatic heterocycles. The summed E-state index contributed by atoms with van der Waals surface area (Å²) in [6, 6.07) is 14.6. The smallest absolute Gasteiger partial charge is 0.322 e. The first-order valence-corrected chi connectivity index (χ1v) is 9.58. The van der Waals surface area contributed by atoms with Gasteiger partial charge in [0, 0.05) is 15.6 Å². The maximum Gasteiger partial charge on any atom is 0.322 e. The number of hydrogen-bond donors (Lipinski definition) is 1. The molecule has 7 heteroatoms. The van der Waals surface area contributed by atoms with Gasteiger partial charge in [0.2, 0.25) is 5.89 Å². The lowest BCUT2D eigenvalue weighted by atomic mass is 10.2. The van der Waals surface area contributed by atoms with Gasteiger partial charge in [-0.3, -0.25) is 10.1 Å². The molecule has 0 unspecified atom stereocenters. The Morgan fingerprint density at radius 1 is 1.15 bits per heavy atom. The second-order valence-electron chi connectivity index (χ2n) is 5.96. The summed E-state index contributed by atoms with van der Waals surface area (Å²) >= 11 is 3.40. The van der Waals surface area contributed by atoms with Gasteiger partial charge in [-0.25, -0.2) is 0 Å². The number of halogens is 1. The number of anilines is 1. The molecule has 0 bridgehead atoms. The predicted molar refractivity (Wildman–Crippen MR) is 107 cm³/mol. The van der Waals surface area contributed by atoms with Gasteiger partial charge in [-0.05, 0) is 42.8 Å². The number of nitrogens with one attached hydrogen (secondary N) is 1. The largest absolute Gasteiger partial charge is 0.494 e. The van der Waals surface area contributed by atoms with Crippen molar-refractivity contribution in [1.82, 2.24) is 10.2 Å². The van der Waals surface area contributed by atoms with Crippen LogP contribution in [0.1, 0.15) is 36.5 Å². The van der Waals surface area contributed by atoms with Crippen LogP contribution in [-0.2, 0) is 0 Å². The number of carbonyl (C=O) groups is 1. The number of aromatic nitrogens is 2. The summed E-state index contributed by atoms with van der Waals surface area (Å²) in [6.07, 6.45) is 3.25. The molecule has 0 aliphatic rings. The Morgan fingerprint density at radius 3 is 2.81 bits per heavy atom. The Bertz CT molecular complexity index is 911. The minimum Gasteiger partial charge on any atom is -0.494 e. The van der Waals surface area contributed by atoms with E-state index in [0.717, 1.165) is 29.3 Å². The van der Waals surface area contributed by atoms with Crippen molar-refractivity contribution in [3.63, 3.8) is 0 Å². The summed E-state index contributed by atoms with van der Waals surface area (Å²) in [7, 11) is 0. The molecule has 1 amide bonds. The normalized spacial score (nSPS) is 10.6. The first kappa shape index (κ1) is 19.1. The van der Waals surface area contributed by atoms with Crippen molar-refractivity contribution in [3.05, 3.63) is 58.6 Å². The molecular formula is C20H20BrN3O3. The third-order valence-corrected chi connectivity index (χ3v) is 4.32. The van der Waals surface area contributed by atoms with E-state index in [9.17, 15) is 4.79 Å². The van der Waals surface area contributed by atoms with Crippen molar-refractivity contribution >= 4 is 27.9 Å². The zero-order valence-corrected chi connectivity index (χ0v) is 16.5. The van der Waals surface area contributed by atoms with E-state index in [1.165, 1.54) is 0 Å². The van der Waals surface area contributed by atoms with Crippen LogP contribution in [-0.4, -0.2) is 22.7 Å². The zero-order chi connectivity index (χ0) is 19.1. The molecule has 0 saturated heterocycles. The Hall–Kier alpha value is -2.67. The Kier molecular flexibility index (Phi) is 6.59. The molecule has 0 fully saturated rings. The molecule has 1 heterocycles. The second kappa shape index (κ2) is 9.32. The second-order valence-corrected chi connectivity index (χ2v) is 6.88. The number of rotatable bonds is 8. The fraction of sp³-hybridized carbons (Fsp3) is 0.250. The van der Waals surface area contributed by atoms with E-state index in [1.54, 1.807) is 18.2 Å². The third-order valence-electron chi connectivity index (χ3n) is 3.83. The maximum absolute atomic E-state index is 12.4. The lowest BCUT2D eigenvalue weighted by Crippen LogP contribution is -2.12. The molecule has 2 aromatic carbocycles. The average molecular weight is 430 g/mol. The van der Waals surface area contributed by atoms with Gasteiger partial charge < -0.3 is 9.15 Å². The van der Waals surface area contributed by atoms with Crippen LogP contribution in [0, 0.1) is 0 Å². The summed E-state index contributed by atoms with van der Waals surface area (Å²) in [5, 5.41) is 10.5. The standard InChI is InChI=1S/C20H20BrN3O3/c1-2-3-4-11-26-17-10-6-7-14(13-17)18(25)22-20-24-23-19(27-20)15-8-5-9-16(21)12-15/h5-10,12-13H,2-4,11H2,1H3,(H,22,24,25). The quantitative estimate of drug-likeness (QED) is 0.490. The highest BCUT2D eigenvalue weighted by atomic mass is 79.9. The van der Waals surface area contributed by atoms with Crippen LogP contribution in [0.4, 0.5) is 6.01 Å². The third kappa shape index (κ3) is 5.40. The van der Waals surface area contributed by atoms with Crippen molar-refractivity contribution in [3.8, 4) is 17.2 Å². The first-order chi connectivity index (χ1) is 13.2. The lowest BCUT2D eigenvalue weighted by molar-refractivity contribution is 0.102. The van der Waals surface area contributed by atoms with Crippen LogP contribution in [0.3, 0.4) is 0 Å². The molecule has 1 N–H and O–H groups in total. The number of hydrogen-bond acceptors (Lipinski definition) is 5.